The van der Waals surface area contributed by atoms with Crippen molar-refractivity contribution in [1.82, 2.24) is 10.0 Å². The number of hydrogen-bond acceptors (Lipinski definition) is 5. The standard InChI is InChI=1S/C17H21F3N2O5S/c1-2-27-15(24)16(8-3-4-9-16)22-14(23)11-21-28(25,26)13-7-5-6-12(10-13)17(18,19)20/h5-7,10,21H,2-4,8-9,11H2,1H3,(H,22,23). The molecule has 0 radical (unpaired) electrons. The highest BCUT2D eigenvalue weighted by molar-refractivity contribution is 7.89. The number of halogens is 3. The Morgan fingerprint density at radius 1 is 1.21 bits per heavy atom. The van der Waals surface area contributed by atoms with Crippen LogP contribution in [0.15, 0.2) is 29.2 Å². The van der Waals surface area contributed by atoms with Crippen molar-refractivity contribution >= 4 is 21.9 Å². The van der Waals surface area contributed by atoms with Crippen LogP contribution in [0.25, 0.3) is 0 Å². The number of ether oxygens (including phenoxy) is 1. The number of amides is 1. The lowest BCUT2D eigenvalue weighted by atomic mass is 9.97. The lowest BCUT2D eigenvalue weighted by Gasteiger charge is -2.27. The molecule has 28 heavy (non-hydrogen) atoms. The molecule has 156 valence electrons. The van der Waals surface area contributed by atoms with Crippen LogP contribution in [0.1, 0.15) is 38.2 Å². The highest BCUT2D eigenvalue weighted by atomic mass is 32.2. The quantitative estimate of drug-likeness (QED) is 0.655. The van der Waals surface area contributed by atoms with E-state index in [-0.39, 0.29) is 6.61 Å². The van der Waals surface area contributed by atoms with E-state index in [1.807, 2.05) is 4.72 Å². The van der Waals surface area contributed by atoms with E-state index in [2.05, 4.69) is 5.32 Å². The SMILES string of the molecule is CCOC(=O)C1(NC(=O)CNS(=O)(=O)c2cccc(C(F)(F)F)c2)CCCC1. The fourth-order valence-corrected chi connectivity index (χ4v) is 4.05. The van der Waals surface area contributed by atoms with Gasteiger partial charge in [-0.3, -0.25) is 4.79 Å². The lowest BCUT2D eigenvalue weighted by molar-refractivity contribution is -0.153. The van der Waals surface area contributed by atoms with Crippen molar-refractivity contribution in [3.63, 3.8) is 0 Å². The van der Waals surface area contributed by atoms with E-state index < -0.39 is 50.6 Å². The van der Waals surface area contributed by atoms with Gasteiger partial charge in [-0.05, 0) is 38.0 Å². The predicted molar refractivity (Wildman–Crippen MR) is 92.6 cm³/mol. The number of nitrogens with one attached hydrogen (secondary N) is 2. The number of benzene rings is 1. The van der Waals surface area contributed by atoms with Crippen LogP contribution in [-0.2, 0) is 30.5 Å². The molecular weight excluding hydrogens is 401 g/mol. The molecule has 0 spiro atoms. The summed E-state index contributed by atoms with van der Waals surface area (Å²) in [6, 6.07) is 3.19. The van der Waals surface area contributed by atoms with Crippen LogP contribution in [-0.4, -0.2) is 39.0 Å². The Kier molecular flexibility index (Phi) is 6.71. The summed E-state index contributed by atoms with van der Waals surface area (Å²) in [7, 11) is -4.35. The zero-order valence-electron chi connectivity index (χ0n) is 15.1. The van der Waals surface area contributed by atoms with Crippen molar-refractivity contribution in [3.05, 3.63) is 29.8 Å². The summed E-state index contributed by atoms with van der Waals surface area (Å²) in [6.45, 7) is 1.05. The number of hydrogen-bond donors (Lipinski definition) is 2. The molecule has 1 fully saturated rings. The molecule has 0 unspecified atom stereocenters. The zero-order valence-corrected chi connectivity index (χ0v) is 16.0. The predicted octanol–water partition coefficient (Wildman–Crippen LogP) is 1.98. The topological polar surface area (TPSA) is 102 Å². The van der Waals surface area contributed by atoms with Gasteiger partial charge in [0.1, 0.15) is 5.54 Å². The van der Waals surface area contributed by atoms with E-state index in [9.17, 15) is 31.2 Å². The maximum absolute atomic E-state index is 12.8. The molecule has 0 saturated heterocycles. The Labute approximate surface area is 160 Å². The first-order chi connectivity index (χ1) is 13.0. The van der Waals surface area contributed by atoms with Gasteiger partial charge in [0.2, 0.25) is 15.9 Å². The van der Waals surface area contributed by atoms with Gasteiger partial charge < -0.3 is 10.1 Å². The van der Waals surface area contributed by atoms with Gasteiger partial charge in [-0.25, -0.2) is 17.9 Å². The fraction of sp³-hybridized carbons (Fsp3) is 0.529. The molecule has 1 aliphatic rings. The van der Waals surface area contributed by atoms with Crippen molar-refractivity contribution in [2.24, 2.45) is 0 Å². The number of sulfonamides is 1. The third kappa shape index (κ3) is 5.22. The molecule has 2 N–H and O–H groups in total. The molecule has 1 aliphatic carbocycles. The Morgan fingerprint density at radius 2 is 1.86 bits per heavy atom. The first-order valence-electron chi connectivity index (χ1n) is 8.65. The maximum Gasteiger partial charge on any atom is 0.416 e. The second-order valence-electron chi connectivity index (χ2n) is 6.41. The zero-order chi connectivity index (χ0) is 21.0. The van der Waals surface area contributed by atoms with E-state index in [0.717, 1.165) is 18.2 Å². The molecule has 11 heteroatoms. The summed E-state index contributed by atoms with van der Waals surface area (Å²) in [5.41, 5.74) is -2.32. The largest absolute Gasteiger partial charge is 0.464 e. The summed E-state index contributed by atoms with van der Waals surface area (Å²) in [6.07, 6.45) is -2.54. The van der Waals surface area contributed by atoms with Crippen LogP contribution >= 0.6 is 0 Å². The van der Waals surface area contributed by atoms with Crippen LogP contribution in [0.2, 0.25) is 0 Å². The molecule has 0 heterocycles. The molecule has 0 bridgehead atoms. The number of carbonyl (C=O) groups is 2. The summed E-state index contributed by atoms with van der Waals surface area (Å²) < 4.78 is 69.7. The average molecular weight is 422 g/mol. The molecular formula is C17H21F3N2O5S. The molecule has 1 aromatic rings. The summed E-state index contributed by atoms with van der Waals surface area (Å²) in [5, 5.41) is 2.52. The maximum atomic E-state index is 12.8. The van der Waals surface area contributed by atoms with Crippen molar-refractivity contribution in [3.8, 4) is 0 Å². The van der Waals surface area contributed by atoms with Crippen LogP contribution in [0.3, 0.4) is 0 Å². The number of carbonyl (C=O) groups excluding carboxylic acids is 2. The van der Waals surface area contributed by atoms with Crippen molar-refractivity contribution in [1.29, 1.82) is 0 Å². The average Bonchev–Trinajstić information content (AvgIpc) is 3.09. The van der Waals surface area contributed by atoms with Gasteiger partial charge >= 0.3 is 12.1 Å². The van der Waals surface area contributed by atoms with Crippen molar-refractivity contribution < 1.29 is 35.9 Å². The fourth-order valence-electron chi connectivity index (χ4n) is 3.02. The highest BCUT2D eigenvalue weighted by Crippen LogP contribution is 2.31. The third-order valence-electron chi connectivity index (χ3n) is 4.40. The van der Waals surface area contributed by atoms with Crippen molar-refractivity contribution in [2.45, 2.75) is 49.2 Å². The smallest absolute Gasteiger partial charge is 0.416 e. The first-order valence-corrected chi connectivity index (χ1v) is 10.1. The number of esters is 1. The molecule has 1 saturated carbocycles. The summed E-state index contributed by atoms with van der Waals surface area (Å²) >= 11 is 0. The van der Waals surface area contributed by atoms with E-state index >= 15 is 0 Å². The first kappa shape index (κ1) is 22.2. The summed E-state index contributed by atoms with van der Waals surface area (Å²) in [5.74, 6) is -1.35. The van der Waals surface area contributed by atoms with E-state index in [1.165, 1.54) is 0 Å². The molecule has 2 rings (SSSR count). The van der Waals surface area contributed by atoms with Gasteiger partial charge in [0, 0.05) is 0 Å². The second-order valence-corrected chi connectivity index (χ2v) is 8.17. The minimum atomic E-state index is -4.70. The van der Waals surface area contributed by atoms with Crippen LogP contribution in [0.4, 0.5) is 13.2 Å². The minimum Gasteiger partial charge on any atom is -0.464 e. The van der Waals surface area contributed by atoms with Crippen LogP contribution in [0, 0.1) is 0 Å². The van der Waals surface area contributed by atoms with E-state index in [1.54, 1.807) is 6.92 Å². The highest BCUT2D eigenvalue weighted by Gasteiger charge is 2.43. The van der Waals surface area contributed by atoms with Gasteiger partial charge in [0.05, 0.1) is 23.6 Å². The number of rotatable bonds is 7. The molecule has 0 aromatic heterocycles. The minimum absolute atomic E-state index is 0.138. The molecule has 1 amide bonds. The Bertz CT molecular complexity index is 833. The third-order valence-corrected chi connectivity index (χ3v) is 5.80. The lowest BCUT2D eigenvalue weighted by Crippen LogP contribution is -2.55. The normalized spacial score (nSPS) is 16.6. The van der Waals surface area contributed by atoms with Crippen molar-refractivity contribution in [2.75, 3.05) is 13.2 Å². The van der Waals surface area contributed by atoms with Crippen LogP contribution < -0.4 is 10.0 Å². The van der Waals surface area contributed by atoms with Gasteiger partial charge in [-0.1, -0.05) is 18.9 Å². The van der Waals surface area contributed by atoms with Gasteiger partial charge in [0.15, 0.2) is 0 Å². The Hall–Kier alpha value is -2.14. The van der Waals surface area contributed by atoms with Gasteiger partial charge in [-0.15, -0.1) is 0 Å². The Morgan fingerprint density at radius 3 is 2.43 bits per heavy atom. The molecule has 0 aliphatic heterocycles. The summed E-state index contributed by atoms with van der Waals surface area (Å²) in [4.78, 5) is 23.8. The molecule has 0 atom stereocenters. The van der Waals surface area contributed by atoms with E-state index in [0.29, 0.717) is 31.7 Å². The van der Waals surface area contributed by atoms with Crippen LogP contribution in [0.5, 0.6) is 0 Å². The van der Waals surface area contributed by atoms with E-state index in [4.69, 9.17) is 4.74 Å². The second kappa shape index (κ2) is 8.48. The monoisotopic (exact) mass is 422 g/mol. The molecule has 1 aromatic carbocycles. The number of alkyl halides is 3. The molecule has 7 nitrogen and oxygen atoms in total. The van der Waals surface area contributed by atoms with Gasteiger partial charge in [-0.2, -0.15) is 13.2 Å². The van der Waals surface area contributed by atoms with Gasteiger partial charge in [0.25, 0.3) is 0 Å². The Balaban J connectivity index is 2.06.